The molecule has 152 valence electrons. The Morgan fingerprint density at radius 2 is 1.89 bits per heavy atom. The summed E-state index contributed by atoms with van der Waals surface area (Å²) < 4.78 is 17.6. The van der Waals surface area contributed by atoms with Crippen molar-refractivity contribution in [3.63, 3.8) is 0 Å². The van der Waals surface area contributed by atoms with Crippen LogP contribution in [0.4, 0.5) is 4.79 Å². The van der Waals surface area contributed by atoms with E-state index < -0.39 is 15.9 Å². The van der Waals surface area contributed by atoms with Crippen LogP contribution in [-0.4, -0.2) is 16.2 Å². The summed E-state index contributed by atoms with van der Waals surface area (Å²) in [6.07, 6.45) is -0.602. The highest BCUT2D eigenvalue weighted by Gasteiger charge is 2.16. The van der Waals surface area contributed by atoms with Gasteiger partial charge in [0.05, 0.1) is 0 Å². The third-order valence-electron chi connectivity index (χ3n) is 4.29. The molecular weight excluding hydrogens is 390 g/mol. The molecule has 2 aromatic carbocycles. The maximum absolute atomic E-state index is 12.4. The molecule has 0 aromatic heterocycles. The fourth-order valence-electron chi connectivity index (χ4n) is 2.54. The van der Waals surface area contributed by atoms with E-state index in [0.717, 1.165) is 16.0 Å². The molecule has 0 saturated carbocycles. The Balaban J connectivity index is 1.88. The number of amides is 1. The Morgan fingerprint density at radius 1 is 1.18 bits per heavy atom. The van der Waals surface area contributed by atoms with Gasteiger partial charge in [-0.2, -0.15) is 0 Å². The third kappa shape index (κ3) is 6.67. The van der Waals surface area contributed by atoms with Crippen LogP contribution in [0.1, 0.15) is 57.2 Å². The first-order valence-corrected chi connectivity index (χ1v) is 11.9. The molecule has 0 spiro atoms. The van der Waals surface area contributed by atoms with Gasteiger partial charge in [0.1, 0.15) is 21.5 Å². The maximum Gasteiger partial charge on any atom is 0.413 e. The van der Waals surface area contributed by atoms with Crippen molar-refractivity contribution >= 4 is 26.7 Å². The smallest absolute Gasteiger partial charge is 0.410 e. The molecule has 0 radical (unpaired) electrons. The number of carbonyl (C=O) groups excluding carboxylic acids is 1. The van der Waals surface area contributed by atoms with Gasteiger partial charge >= 0.3 is 6.09 Å². The summed E-state index contributed by atoms with van der Waals surface area (Å²) in [5, 5.41) is 2.57. The van der Waals surface area contributed by atoms with E-state index in [1.807, 2.05) is 31.2 Å². The number of rotatable bonds is 6. The molecule has 1 unspecified atom stereocenters. The van der Waals surface area contributed by atoms with Gasteiger partial charge in [0.15, 0.2) is 0 Å². The van der Waals surface area contributed by atoms with Gasteiger partial charge in [-0.25, -0.2) is 9.00 Å². The Kier molecular flexibility index (Phi) is 7.72. The molecule has 6 heteroatoms. The Bertz CT molecular complexity index is 857. The molecule has 0 aliphatic heterocycles. The summed E-state index contributed by atoms with van der Waals surface area (Å²) in [6, 6.07) is 13.6. The van der Waals surface area contributed by atoms with Gasteiger partial charge in [0.2, 0.25) is 0 Å². The Morgan fingerprint density at radius 3 is 2.50 bits per heavy atom. The summed E-state index contributed by atoms with van der Waals surface area (Å²) >= 11 is 0. The van der Waals surface area contributed by atoms with Gasteiger partial charge < -0.3 is 10.1 Å². The summed E-state index contributed by atoms with van der Waals surface area (Å²) in [6.45, 7) is 12.7. The van der Waals surface area contributed by atoms with Crippen molar-refractivity contribution in [1.82, 2.24) is 5.32 Å². The van der Waals surface area contributed by atoms with Crippen molar-refractivity contribution < 1.29 is 13.7 Å². The first-order valence-electron chi connectivity index (χ1n) is 9.29. The van der Waals surface area contributed by atoms with Crippen LogP contribution in [-0.2, 0) is 15.2 Å². The molecular formula is C22H29NO3S2. The molecule has 4 nitrogen and oxygen atoms in total. The molecule has 28 heavy (non-hydrogen) atoms. The molecule has 2 rings (SSSR count). The number of carbonyl (C=O) groups is 1. The normalized spacial score (nSPS) is 12.7. The summed E-state index contributed by atoms with van der Waals surface area (Å²) in [5.74, 6) is 0.854. The van der Waals surface area contributed by atoms with Crippen molar-refractivity contribution in [2.24, 2.45) is 0 Å². The monoisotopic (exact) mass is 419 g/mol. The summed E-state index contributed by atoms with van der Waals surface area (Å²) in [4.78, 5) is 12.9. The van der Waals surface area contributed by atoms with Gasteiger partial charge in [-0.05, 0) is 63.9 Å². The van der Waals surface area contributed by atoms with E-state index in [2.05, 4.69) is 52.1 Å². The highest BCUT2D eigenvalue weighted by atomic mass is 33.1. The third-order valence-corrected chi connectivity index (χ3v) is 6.95. The number of aryl methyl sites for hydroxylation is 1. The minimum atomic E-state index is -1.29. The molecule has 1 atom stereocenters. The SMILES string of the molecule is Cc1cc(C(C)(C)C)ccc1SS(=O)CNC(=O)Oc1cccc(C(C)C)c1. The van der Waals surface area contributed by atoms with Crippen molar-refractivity contribution in [1.29, 1.82) is 0 Å². The highest BCUT2D eigenvalue weighted by Crippen LogP contribution is 2.30. The Labute approximate surface area is 174 Å². The molecule has 2 aromatic rings. The number of benzene rings is 2. The lowest BCUT2D eigenvalue weighted by molar-refractivity contribution is 0.202. The number of hydrogen-bond donors (Lipinski definition) is 1. The average molecular weight is 420 g/mol. The van der Waals surface area contributed by atoms with E-state index in [1.54, 1.807) is 6.07 Å². The second-order valence-electron chi connectivity index (χ2n) is 8.06. The maximum atomic E-state index is 12.4. The molecule has 0 saturated heterocycles. The minimum absolute atomic E-state index is 0.0217. The topological polar surface area (TPSA) is 55.4 Å². The second kappa shape index (κ2) is 9.61. The zero-order chi connectivity index (χ0) is 20.9. The van der Waals surface area contributed by atoms with Crippen LogP contribution in [0.2, 0.25) is 0 Å². The van der Waals surface area contributed by atoms with Crippen LogP contribution >= 0.6 is 10.8 Å². The number of hydrogen-bond acceptors (Lipinski definition) is 4. The predicted octanol–water partition coefficient (Wildman–Crippen LogP) is 5.92. The molecule has 0 aliphatic rings. The fourth-order valence-corrected chi connectivity index (χ4v) is 4.86. The van der Waals surface area contributed by atoms with E-state index in [9.17, 15) is 9.00 Å². The van der Waals surface area contributed by atoms with Crippen LogP contribution in [0.3, 0.4) is 0 Å². The molecule has 0 aliphatic carbocycles. The van der Waals surface area contributed by atoms with Crippen molar-refractivity contribution in [2.75, 3.05) is 5.88 Å². The van der Waals surface area contributed by atoms with Crippen LogP contribution in [0, 0.1) is 6.92 Å². The number of nitrogens with one attached hydrogen (secondary N) is 1. The van der Waals surface area contributed by atoms with Gasteiger partial charge in [-0.1, -0.05) is 58.9 Å². The molecule has 1 N–H and O–H groups in total. The van der Waals surface area contributed by atoms with Crippen molar-refractivity contribution in [3.05, 3.63) is 59.2 Å². The zero-order valence-corrected chi connectivity index (χ0v) is 19.0. The van der Waals surface area contributed by atoms with E-state index in [0.29, 0.717) is 11.7 Å². The minimum Gasteiger partial charge on any atom is -0.410 e. The predicted molar refractivity (Wildman–Crippen MR) is 118 cm³/mol. The van der Waals surface area contributed by atoms with Crippen LogP contribution in [0.5, 0.6) is 5.75 Å². The number of ether oxygens (including phenoxy) is 1. The second-order valence-corrected chi connectivity index (χ2v) is 11.2. The lowest BCUT2D eigenvalue weighted by Gasteiger charge is -2.20. The molecule has 0 bridgehead atoms. The van der Waals surface area contributed by atoms with Gasteiger partial charge in [-0.15, -0.1) is 0 Å². The average Bonchev–Trinajstić information content (AvgIpc) is 2.61. The first kappa shape index (κ1) is 22.5. The van der Waals surface area contributed by atoms with Crippen LogP contribution < -0.4 is 10.1 Å². The standard InChI is InChI=1S/C22H29NO3S2/c1-15(2)17-8-7-9-19(13-17)26-21(24)23-14-28(25)27-20-11-10-18(12-16(20)3)22(4,5)6/h7-13,15H,14H2,1-6H3,(H,23,24). The van der Waals surface area contributed by atoms with Gasteiger partial charge in [-0.3, -0.25) is 0 Å². The lowest BCUT2D eigenvalue weighted by Crippen LogP contribution is -2.29. The zero-order valence-electron chi connectivity index (χ0n) is 17.4. The van der Waals surface area contributed by atoms with Gasteiger partial charge in [0, 0.05) is 4.90 Å². The quantitative estimate of drug-likeness (QED) is 0.591. The van der Waals surface area contributed by atoms with Crippen LogP contribution in [0.15, 0.2) is 47.4 Å². The first-order chi connectivity index (χ1) is 13.1. The fraction of sp³-hybridized carbons (Fsp3) is 0.409. The highest BCUT2D eigenvalue weighted by molar-refractivity contribution is 8.69. The molecule has 1 amide bonds. The Hall–Kier alpha value is -1.79. The molecule has 0 heterocycles. The summed E-state index contributed by atoms with van der Waals surface area (Å²) in [5.41, 5.74) is 3.49. The van der Waals surface area contributed by atoms with E-state index >= 15 is 0 Å². The van der Waals surface area contributed by atoms with E-state index in [1.165, 1.54) is 16.4 Å². The largest absolute Gasteiger partial charge is 0.413 e. The van der Waals surface area contributed by atoms with Gasteiger partial charge in [0.25, 0.3) is 0 Å². The lowest BCUT2D eigenvalue weighted by atomic mass is 9.86. The van der Waals surface area contributed by atoms with Crippen molar-refractivity contribution in [2.45, 2.75) is 57.8 Å². The van der Waals surface area contributed by atoms with Crippen LogP contribution in [0.25, 0.3) is 0 Å². The van der Waals surface area contributed by atoms with E-state index in [-0.39, 0.29) is 11.3 Å². The van der Waals surface area contributed by atoms with E-state index in [4.69, 9.17) is 4.74 Å². The summed E-state index contributed by atoms with van der Waals surface area (Å²) in [7, 11) is -0.0485. The molecule has 0 fully saturated rings. The van der Waals surface area contributed by atoms with Crippen molar-refractivity contribution in [3.8, 4) is 5.75 Å².